The molecule has 27 heavy (non-hydrogen) atoms. The number of nitrogens with zero attached hydrogens (tertiary/aromatic N) is 3. The maximum atomic E-state index is 12.9. The Morgan fingerprint density at radius 2 is 1.85 bits per heavy atom. The average molecular weight is 358 g/mol. The molecule has 2 heterocycles. The molecule has 0 spiro atoms. The van der Waals surface area contributed by atoms with Crippen molar-refractivity contribution in [3.63, 3.8) is 0 Å². The standard InChI is InChI=1S/C22H22N4O/c1-16-8-10-17(11-9-16)15-23-21-13-12-19(24-25-21)22(27)26-14-4-6-18-5-2-3-7-20(18)26/h2-3,5,7-13H,4,6,14-15H2,1H3,(H,23,25). The van der Waals surface area contributed by atoms with Crippen LogP contribution in [0.2, 0.25) is 0 Å². The summed E-state index contributed by atoms with van der Waals surface area (Å²) >= 11 is 0. The molecule has 2 aromatic carbocycles. The van der Waals surface area contributed by atoms with Crippen molar-refractivity contribution in [2.24, 2.45) is 0 Å². The number of para-hydroxylation sites is 1. The van der Waals surface area contributed by atoms with Crippen molar-refractivity contribution in [3.8, 4) is 0 Å². The van der Waals surface area contributed by atoms with Gasteiger partial charge >= 0.3 is 0 Å². The lowest BCUT2D eigenvalue weighted by atomic mass is 10.0. The molecule has 0 unspecified atom stereocenters. The number of nitrogens with one attached hydrogen (secondary N) is 1. The molecular weight excluding hydrogens is 336 g/mol. The van der Waals surface area contributed by atoms with E-state index in [2.05, 4.69) is 52.8 Å². The highest BCUT2D eigenvalue weighted by Crippen LogP contribution is 2.27. The number of aryl methyl sites for hydroxylation is 2. The van der Waals surface area contributed by atoms with E-state index in [9.17, 15) is 4.79 Å². The van der Waals surface area contributed by atoms with E-state index in [0.717, 1.165) is 18.5 Å². The van der Waals surface area contributed by atoms with Crippen LogP contribution in [0.1, 0.15) is 33.6 Å². The molecule has 1 amide bonds. The van der Waals surface area contributed by atoms with Gasteiger partial charge in [0.25, 0.3) is 5.91 Å². The van der Waals surface area contributed by atoms with Crippen molar-refractivity contribution in [2.75, 3.05) is 16.8 Å². The third kappa shape index (κ3) is 3.82. The summed E-state index contributed by atoms with van der Waals surface area (Å²) in [5.41, 5.74) is 4.97. The number of fused-ring (bicyclic) bond motifs is 1. The number of anilines is 2. The molecule has 0 aliphatic carbocycles. The molecule has 0 saturated heterocycles. The summed E-state index contributed by atoms with van der Waals surface area (Å²) in [5.74, 6) is 0.561. The van der Waals surface area contributed by atoms with Gasteiger partial charge < -0.3 is 10.2 Å². The van der Waals surface area contributed by atoms with Crippen molar-refractivity contribution in [1.29, 1.82) is 0 Å². The minimum atomic E-state index is -0.0975. The predicted molar refractivity (Wildman–Crippen MR) is 107 cm³/mol. The Hall–Kier alpha value is -3.21. The summed E-state index contributed by atoms with van der Waals surface area (Å²) in [5, 5.41) is 11.6. The number of carbonyl (C=O) groups excluding carboxylic acids is 1. The van der Waals surface area contributed by atoms with Gasteiger partial charge in [-0.3, -0.25) is 4.79 Å². The maximum absolute atomic E-state index is 12.9. The Labute approximate surface area is 159 Å². The largest absolute Gasteiger partial charge is 0.365 e. The number of hydrogen-bond donors (Lipinski definition) is 1. The van der Waals surface area contributed by atoms with E-state index in [-0.39, 0.29) is 5.91 Å². The van der Waals surface area contributed by atoms with Gasteiger partial charge in [-0.05, 0) is 49.1 Å². The monoisotopic (exact) mass is 358 g/mol. The SMILES string of the molecule is Cc1ccc(CNc2ccc(C(=O)N3CCCc4ccccc43)nn2)cc1. The second-order valence-corrected chi connectivity index (χ2v) is 6.83. The van der Waals surface area contributed by atoms with Crippen LogP contribution in [-0.2, 0) is 13.0 Å². The fourth-order valence-corrected chi connectivity index (χ4v) is 3.32. The molecule has 0 radical (unpaired) electrons. The van der Waals surface area contributed by atoms with E-state index in [1.165, 1.54) is 16.7 Å². The summed E-state index contributed by atoms with van der Waals surface area (Å²) in [6.07, 6.45) is 1.97. The average Bonchev–Trinajstić information content (AvgIpc) is 2.73. The summed E-state index contributed by atoms with van der Waals surface area (Å²) in [6, 6.07) is 19.9. The molecule has 5 nitrogen and oxygen atoms in total. The van der Waals surface area contributed by atoms with Crippen LogP contribution < -0.4 is 10.2 Å². The Kier molecular flexibility index (Phi) is 4.83. The predicted octanol–water partition coefficient (Wildman–Crippen LogP) is 3.99. The number of amides is 1. The second-order valence-electron chi connectivity index (χ2n) is 6.83. The molecule has 0 atom stereocenters. The molecule has 1 aliphatic rings. The maximum Gasteiger partial charge on any atom is 0.278 e. The number of carbonyl (C=O) groups is 1. The summed E-state index contributed by atoms with van der Waals surface area (Å²) in [6.45, 7) is 3.45. The highest BCUT2D eigenvalue weighted by molar-refractivity contribution is 6.05. The summed E-state index contributed by atoms with van der Waals surface area (Å²) in [4.78, 5) is 14.7. The molecule has 1 aromatic heterocycles. The smallest absolute Gasteiger partial charge is 0.278 e. The summed E-state index contributed by atoms with van der Waals surface area (Å²) in [7, 11) is 0. The Balaban J connectivity index is 1.44. The third-order valence-electron chi connectivity index (χ3n) is 4.83. The molecular formula is C22H22N4O. The van der Waals surface area contributed by atoms with Crippen molar-refractivity contribution in [1.82, 2.24) is 10.2 Å². The first-order valence-corrected chi connectivity index (χ1v) is 9.23. The van der Waals surface area contributed by atoms with Crippen LogP contribution in [0.25, 0.3) is 0 Å². The number of aromatic nitrogens is 2. The van der Waals surface area contributed by atoms with Gasteiger partial charge in [-0.1, -0.05) is 48.0 Å². The van der Waals surface area contributed by atoms with Crippen LogP contribution in [-0.4, -0.2) is 22.6 Å². The molecule has 0 fully saturated rings. The van der Waals surface area contributed by atoms with E-state index < -0.39 is 0 Å². The van der Waals surface area contributed by atoms with Gasteiger partial charge in [0.15, 0.2) is 5.69 Å². The molecule has 1 aliphatic heterocycles. The topological polar surface area (TPSA) is 58.1 Å². The first kappa shape index (κ1) is 17.2. The Morgan fingerprint density at radius 1 is 1.04 bits per heavy atom. The summed E-state index contributed by atoms with van der Waals surface area (Å²) < 4.78 is 0. The molecule has 0 bridgehead atoms. The molecule has 5 heteroatoms. The fourth-order valence-electron chi connectivity index (χ4n) is 3.32. The van der Waals surface area contributed by atoms with Crippen molar-refractivity contribution >= 4 is 17.4 Å². The van der Waals surface area contributed by atoms with Crippen LogP contribution in [0.15, 0.2) is 60.7 Å². The van der Waals surface area contributed by atoms with Crippen molar-refractivity contribution < 1.29 is 4.79 Å². The molecule has 3 aromatic rings. The normalized spacial score (nSPS) is 13.1. The quantitative estimate of drug-likeness (QED) is 0.766. The zero-order valence-electron chi connectivity index (χ0n) is 15.4. The molecule has 0 saturated carbocycles. The van der Waals surface area contributed by atoms with Crippen LogP contribution in [0.5, 0.6) is 0 Å². The highest BCUT2D eigenvalue weighted by Gasteiger charge is 2.24. The lowest BCUT2D eigenvalue weighted by Gasteiger charge is -2.29. The molecule has 136 valence electrons. The third-order valence-corrected chi connectivity index (χ3v) is 4.83. The zero-order valence-corrected chi connectivity index (χ0v) is 15.4. The van der Waals surface area contributed by atoms with E-state index in [1.54, 1.807) is 6.07 Å². The van der Waals surface area contributed by atoms with Gasteiger partial charge in [-0.15, -0.1) is 10.2 Å². The highest BCUT2D eigenvalue weighted by atomic mass is 16.2. The Bertz CT molecular complexity index is 935. The minimum absolute atomic E-state index is 0.0975. The molecule has 1 N–H and O–H groups in total. The Morgan fingerprint density at radius 3 is 2.63 bits per heavy atom. The van der Waals surface area contributed by atoms with Crippen LogP contribution >= 0.6 is 0 Å². The van der Waals surface area contributed by atoms with Crippen molar-refractivity contribution in [2.45, 2.75) is 26.3 Å². The van der Waals surface area contributed by atoms with Gasteiger partial charge in [0.1, 0.15) is 5.82 Å². The molecule has 4 rings (SSSR count). The number of hydrogen-bond acceptors (Lipinski definition) is 4. The number of benzene rings is 2. The lowest BCUT2D eigenvalue weighted by molar-refractivity contribution is 0.0979. The van der Waals surface area contributed by atoms with Gasteiger partial charge in [-0.25, -0.2) is 0 Å². The lowest BCUT2D eigenvalue weighted by Crippen LogP contribution is -2.36. The first-order chi connectivity index (χ1) is 13.2. The van der Waals surface area contributed by atoms with E-state index >= 15 is 0 Å². The van der Waals surface area contributed by atoms with Crippen LogP contribution in [0, 0.1) is 6.92 Å². The van der Waals surface area contributed by atoms with Gasteiger partial charge in [0, 0.05) is 18.8 Å². The van der Waals surface area contributed by atoms with Gasteiger partial charge in [-0.2, -0.15) is 0 Å². The number of rotatable bonds is 4. The van der Waals surface area contributed by atoms with Crippen LogP contribution in [0.3, 0.4) is 0 Å². The minimum Gasteiger partial charge on any atom is -0.365 e. The van der Waals surface area contributed by atoms with E-state index in [0.29, 0.717) is 24.6 Å². The first-order valence-electron chi connectivity index (χ1n) is 9.23. The van der Waals surface area contributed by atoms with Gasteiger partial charge in [0.2, 0.25) is 0 Å². The van der Waals surface area contributed by atoms with Gasteiger partial charge in [0.05, 0.1) is 0 Å². The van der Waals surface area contributed by atoms with Crippen molar-refractivity contribution in [3.05, 3.63) is 83.0 Å². The van der Waals surface area contributed by atoms with Crippen LogP contribution in [0.4, 0.5) is 11.5 Å². The fraction of sp³-hybridized carbons (Fsp3) is 0.227. The zero-order chi connectivity index (χ0) is 18.6. The van der Waals surface area contributed by atoms with E-state index in [1.807, 2.05) is 29.2 Å². The second kappa shape index (κ2) is 7.58. The van der Waals surface area contributed by atoms with E-state index in [4.69, 9.17) is 0 Å².